The molecule has 0 amide bonds. The van der Waals surface area contributed by atoms with E-state index < -0.39 is 0 Å². The van der Waals surface area contributed by atoms with Gasteiger partial charge < -0.3 is 10.1 Å². The van der Waals surface area contributed by atoms with E-state index in [1.807, 2.05) is 6.92 Å². The van der Waals surface area contributed by atoms with Gasteiger partial charge in [0.25, 0.3) is 0 Å². The van der Waals surface area contributed by atoms with E-state index in [0.717, 1.165) is 44.1 Å². The lowest BCUT2D eigenvalue weighted by Gasteiger charge is -2.38. The van der Waals surface area contributed by atoms with E-state index in [1.54, 1.807) is 0 Å². The lowest BCUT2D eigenvalue weighted by Crippen LogP contribution is -2.43. The minimum Gasteiger partial charge on any atom is -0.382 e. The number of rotatable bonds is 7. The van der Waals surface area contributed by atoms with Gasteiger partial charge in [0.2, 0.25) is 0 Å². The lowest BCUT2D eigenvalue weighted by molar-refractivity contribution is 0.135. The highest BCUT2D eigenvalue weighted by atomic mass is 16.5. The van der Waals surface area contributed by atoms with Crippen LogP contribution in [-0.4, -0.2) is 25.8 Å². The number of ether oxygens (including phenoxy) is 1. The van der Waals surface area contributed by atoms with Gasteiger partial charge in [-0.05, 0) is 44.6 Å². The smallest absolute Gasteiger partial charge is 0.0477 e. The molecule has 2 nitrogen and oxygen atoms in total. The summed E-state index contributed by atoms with van der Waals surface area (Å²) in [7, 11) is 0. The maximum Gasteiger partial charge on any atom is 0.0477 e. The minimum atomic E-state index is 0.795. The molecule has 1 aliphatic rings. The van der Waals surface area contributed by atoms with Gasteiger partial charge in [0.15, 0.2) is 0 Å². The Morgan fingerprint density at radius 3 is 2.64 bits per heavy atom. The molecule has 0 unspecified atom stereocenters. The maximum absolute atomic E-state index is 5.29. The van der Waals surface area contributed by atoms with Gasteiger partial charge in [-0.2, -0.15) is 0 Å². The summed E-state index contributed by atoms with van der Waals surface area (Å²) in [4.78, 5) is 0. The first kappa shape index (κ1) is 12.0. The van der Waals surface area contributed by atoms with Crippen molar-refractivity contribution >= 4 is 0 Å². The van der Waals surface area contributed by atoms with E-state index in [9.17, 15) is 0 Å². The van der Waals surface area contributed by atoms with E-state index in [1.165, 1.54) is 12.8 Å². The fourth-order valence-electron chi connectivity index (χ4n) is 2.00. The molecule has 0 heterocycles. The Bertz CT molecular complexity index is 141. The number of hydrogen-bond acceptors (Lipinski definition) is 2. The molecule has 84 valence electrons. The third-order valence-electron chi connectivity index (χ3n) is 3.22. The standard InChI is InChI=1S/C12H25NO/c1-4-14-7-5-6-13-12-8-11(9-12)10(2)3/h10-13H,4-9H2,1-3H3. The molecule has 0 aliphatic heterocycles. The molecule has 1 N–H and O–H groups in total. The van der Waals surface area contributed by atoms with E-state index in [0.29, 0.717) is 0 Å². The quantitative estimate of drug-likeness (QED) is 0.636. The van der Waals surface area contributed by atoms with Crippen LogP contribution in [0.25, 0.3) is 0 Å². The van der Waals surface area contributed by atoms with Gasteiger partial charge in [0.05, 0.1) is 0 Å². The van der Waals surface area contributed by atoms with Crippen LogP contribution in [0.3, 0.4) is 0 Å². The summed E-state index contributed by atoms with van der Waals surface area (Å²) >= 11 is 0. The summed E-state index contributed by atoms with van der Waals surface area (Å²) < 4.78 is 5.29. The van der Waals surface area contributed by atoms with Gasteiger partial charge >= 0.3 is 0 Å². The molecule has 1 rings (SSSR count). The molecule has 0 aromatic heterocycles. The summed E-state index contributed by atoms with van der Waals surface area (Å²) in [6.45, 7) is 9.58. The number of hydrogen-bond donors (Lipinski definition) is 1. The highest BCUT2D eigenvalue weighted by molar-refractivity contribution is 4.86. The number of nitrogens with one attached hydrogen (secondary N) is 1. The first-order valence-corrected chi connectivity index (χ1v) is 6.05. The van der Waals surface area contributed by atoms with Crippen LogP contribution in [0.1, 0.15) is 40.0 Å². The molecule has 0 atom stereocenters. The molecule has 0 saturated heterocycles. The summed E-state index contributed by atoms with van der Waals surface area (Å²) in [5, 5.41) is 3.58. The van der Waals surface area contributed by atoms with Crippen molar-refractivity contribution in [1.82, 2.24) is 5.32 Å². The van der Waals surface area contributed by atoms with Gasteiger partial charge in [-0.3, -0.25) is 0 Å². The highest BCUT2D eigenvalue weighted by Crippen LogP contribution is 2.33. The predicted octanol–water partition coefficient (Wildman–Crippen LogP) is 2.44. The molecule has 1 fully saturated rings. The molecule has 0 bridgehead atoms. The molecule has 1 aliphatic carbocycles. The van der Waals surface area contributed by atoms with Gasteiger partial charge in [-0.25, -0.2) is 0 Å². The van der Waals surface area contributed by atoms with Crippen LogP contribution in [0, 0.1) is 11.8 Å². The van der Waals surface area contributed by atoms with E-state index in [4.69, 9.17) is 4.74 Å². The fourth-order valence-corrected chi connectivity index (χ4v) is 2.00. The van der Waals surface area contributed by atoms with Crippen LogP contribution in [0.5, 0.6) is 0 Å². The zero-order valence-electron chi connectivity index (χ0n) is 9.88. The average Bonchev–Trinajstić information content (AvgIpc) is 2.06. The van der Waals surface area contributed by atoms with E-state index >= 15 is 0 Å². The van der Waals surface area contributed by atoms with Crippen molar-refractivity contribution in [2.45, 2.75) is 46.1 Å². The Morgan fingerprint density at radius 1 is 1.36 bits per heavy atom. The molecule has 14 heavy (non-hydrogen) atoms. The van der Waals surface area contributed by atoms with Crippen LogP contribution in [0.15, 0.2) is 0 Å². The molecule has 2 heteroatoms. The van der Waals surface area contributed by atoms with Crippen LogP contribution in [0.2, 0.25) is 0 Å². The van der Waals surface area contributed by atoms with Crippen molar-refractivity contribution in [3.63, 3.8) is 0 Å². The minimum absolute atomic E-state index is 0.795. The summed E-state index contributed by atoms with van der Waals surface area (Å²) in [5.41, 5.74) is 0. The molecule has 1 saturated carbocycles. The molecular weight excluding hydrogens is 174 g/mol. The zero-order chi connectivity index (χ0) is 10.4. The van der Waals surface area contributed by atoms with E-state index in [2.05, 4.69) is 19.2 Å². The van der Waals surface area contributed by atoms with Gasteiger partial charge in [-0.1, -0.05) is 13.8 Å². The Hall–Kier alpha value is -0.0800. The van der Waals surface area contributed by atoms with Gasteiger partial charge in [0.1, 0.15) is 0 Å². The molecule has 0 aromatic carbocycles. The molecular formula is C12H25NO. The first-order chi connectivity index (χ1) is 6.74. The van der Waals surface area contributed by atoms with Crippen molar-refractivity contribution in [2.75, 3.05) is 19.8 Å². The monoisotopic (exact) mass is 199 g/mol. The predicted molar refractivity (Wildman–Crippen MR) is 60.5 cm³/mol. The lowest BCUT2D eigenvalue weighted by atomic mass is 9.74. The largest absolute Gasteiger partial charge is 0.382 e. The van der Waals surface area contributed by atoms with Crippen LogP contribution in [0.4, 0.5) is 0 Å². The molecule has 0 aromatic rings. The van der Waals surface area contributed by atoms with Crippen molar-refractivity contribution in [3.8, 4) is 0 Å². The van der Waals surface area contributed by atoms with Crippen LogP contribution < -0.4 is 5.32 Å². The Labute approximate surface area is 88.4 Å². The molecule has 0 spiro atoms. The fraction of sp³-hybridized carbons (Fsp3) is 1.00. The molecule has 0 radical (unpaired) electrons. The Balaban J connectivity index is 1.86. The summed E-state index contributed by atoms with van der Waals surface area (Å²) in [5.74, 6) is 1.84. The van der Waals surface area contributed by atoms with Crippen molar-refractivity contribution in [3.05, 3.63) is 0 Å². The second-order valence-electron chi connectivity index (χ2n) is 4.68. The van der Waals surface area contributed by atoms with Crippen LogP contribution in [-0.2, 0) is 4.74 Å². The van der Waals surface area contributed by atoms with Crippen molar-refractivity contribution in [2.24, 2.45) is 11.8 Å². The highest BCUT2D eigenvalue weighted by Gasteiger charge is 2.30. The normalized spacial score (nSPS) is 26.6. The SMILES string of the molecule is CCOCCCNC1CC(C(C)C)C1. The second-order valence-corrected chi connectivity index (χ2v) is 4.68. The van der Waals surface area contributed by atoms with Crippen LogP contribution >= 0.6 is 0 Å². The van der Waals surface area contributed by atoms with Gasteiger partial charge in [0, 0.05) is 19.3 Å². The summed E-state index contributed by atoms with van der Waals surface area (Å²) in [6, 6.07) is 0.795. The van der Waals surface area contributed by atoms with Gasteiger partial charge in [-0.15, -0.1) is 0 Å². The zero-order valence-corrected chi connectivity index (χ0v) is 9.88. The van der Waals surface area contributed by atoms with Crippen molar-refractivity contribution < 1.29 is 4.74 Å². The Morgan fingerprint density at radius 2 is 2.07 bits per heavy atom. The second kappa shape index (κ2) is 6.41. The first-order valence-electron chi connectivity index (χ1n) is 6.05. The average molecular weight is 199 g/mol. The van der Waals surface area contributed by atoms with Crippen molar-refractivity contribution in [1.29, 1.82) is 0 Å². The Kier molecular flexibility index (Phi) is 5.49. The third kappa shape index (κ3) is 3.97. The summed E-state index contributed by atoms with van der Waals surface area (Å²) in [6.07, 6.45) is 3.91. The maximum atomic E-state index is 5.29. The third-order valence-corrected chi connectivity index (χ3v) is 3.22. The topological polar surface area (TPSA) is 21.3 Å². The van der Waals surface area contributed by atoms with E-state index in [-0.39, 0.29) is 0 Å².